The van der Waals surface area contributed by atoms with Crippen LogP contribution >= 0.6 is 0 Å². The second-order valence-corrected chi connectivity index (χ2v) is 23.2. The topological polar surface area (TPSA) is 78.8 Å². The normalized spacial score (nSPS) is 45.2. The van der Waals surface area contributed by atoms with Crippen molar-refractivity contribution in [3.8, 4) is 0 Å². The third kappa shape index (κ3) is 7.08. The van der Waals surface area contributed by atoms with Crippen LogP contribution in [0, 0.1) is 56.7 Å². The molecule has 0 aliphatic heterocycles. The molecule has 0 heterocycles. The van der Waals surface area contributed by atoms with Gasteiger partial charge in [0.15, 0.2) is 0 Å². The number of esters is 1. The van der Waals surface area contributed by atoms with Gasteiger partial charge in [-0.3, -0.25) is 4.79 Å². The number of rotatable bonds is 10. The number of alkyl halides is 1. The maximum absolute atomic E-state index is 14.8. The average Bonchev–Trinajstić information content (AvgIpc) is 3.59. The number of nitrogens with one attached hydrogen (secondary N) is 1. The van der Waals surface area contributed by atoms with E-state index in [4.69, 9.17) is 4.74 Å². The van der Waals surface area contributed by atoms with E-state index in [-0.39, 0.29) is 33.8 Å². The van der Waals surface area contributed by atoms with Gasteiger partial charge in [-0.05, 0) is 198 Å². The molecule has 0 aromatic heterocycles. The number of carbonyl (C=O) groups excluding carboxylic acids is 1. The summed E-state index contributed by atoms with van der Waals surface area (Å²) in [6, 6.07) is 9.68. The van der Waals surface area contributed by atoms with E-state index in [0.29, 0.717) is 74.5 Å². The largest absolute Gasteiger partial charge is 0.460 e. The standard InChI is InChI=1S/C53H78FNO4/c1-36(2)39-18-25-53(55-33-32-52(58)29-26-47(5,57)27-30-52)31-28-49(7)41(44(39)53)14-15-43-48(6)21-19-40(46(3,4)42(48)20-22-50(43,49)8)38-16-23-51(35-54,24-17-38)45(56)59-34-37-12-10-9-11-13-37/h9-13,16,19,39,41-44,55,57-58H,1,14-15,17-18,20-35H2,2-8H3/t39-,41+,42-,43+,44+,47-,48-,49+,50+,51+,52-,53-/m0/s1. The first-order valence-electron chi connectivity index (χ1n) is 23.8. The molecular weight excluding hydrogens is 734 g/mol. The minimum Gasteiger partial charge on any atom is -0.460 e. The van der Waals surface area contributed by atoms with E-state index in [1.165, 1.54) is 68.1 Å². The highest BCUT2D eigenvalue weighted by Crippen LogP contribution is 2.76. The SMILES string of the molecule is C=C(C)[C@@H]1CC[C@]2(NCC[C@]3(O)CC[C@](C)(O)CC3)CC[C@]3(C)[C@H](CC[C@@H]4[C@@]5(C)CC=C(C6=CC[C@@](CF)(C(=O)OCc7ccccc7)CC6)C(C)(C)[C@@H]5CC[C@]43C)[C@@H]12. The van der Waals surface area contributed by atoms with Gasteiger partial charge in [0, 0.05) is 5.54 Å². The summed E-state index contributed by atoms with van der Waals surface area (Å²) < 4.78 is 20.5. The van der Waals surface area contributed by atoms with Crippen molar-refractivity contribution in [3.05, 3.63) is 71.3 Å². The van der Waals surface area contributed by atoms with Crippen LogP contribution in [-0.4, -0.2) is 46.1 Å². The van der Waals surface area contributed by atoms with Crippen molar-refractivity contribution in [2.24, 2.45) is 56.7 Å². The van der Waals surface area contributed by atoms with Crippen molar-refractivity contribution in [1.82, 2.24) is 5.32 Å². The predicted octanol–water partition coefficient (Wildman–Crippen LogP) is 11.8. The fourth-order valence-electron chi connectivity index (χ4n) is 16.0. The van der Waals surface area contributed by atoms with Crippen LogP contribution in [0.25, 0.3) is 0 Å². The lowest BCUT2D eigenvalue weighted by atomic mass is 9.33. The number of hydrogen-bond acceptors (Lipinski definition) is 5. The lowest BCUT2D eigenvalue weighted by Crippen LogP contribution is -2.68. The van der Waals surface area contributed by atoms with E-state index in [0.717, 1.165) is 24.9 Å². The summed E-state index contributed by atoms with van der Waals surface area (Å²) in [6.07, 6.45) is 20.9. The number of halogens is 1. The highest BCUT2D eigenvalue weighted by atomic mass is 19.1. The molecule has 0 unspecified atom stereocenters. The van der Waals surface area contributed by atoms with Crippen molar-refractivity contribution < 1.29 is 24.1 Å². The Balaban J connectivity index is 0.997. The van der Waals surface area contributed by atoms with Crippen LogP contribution in [0.15, 0.2) is 65.8 Å². The van der Waals surface area contributed by atoms with Gasteiger partial charge in [-0.2, -0.15) is 0 Å². The van der Waals surface area contributed by atoms with Gasteiger partial charge in [0.2, 0.25) is 0 Å². The number of ether oxygens (including phenoxy) is 1. The van der Waals surface area contributed by atoms with Crippen molar-refractivity contribution in [1.29, 1.82) is 0 Å². The van der Waals surface area contributed by atoms with E-state index in [1.54, 1.807) is 0 Å². The van der Waals surface area contributed by atoms with Crippen LogP contribution < -0.4 is 5.32 Å². The lowest BCUT2D eigenvalue weighted by Gasteiger charge is -2.72. The first-order valence-corrected chi connectivity index (χ1v) is 23.8. The van der Waals surface area contributed by atoms with Gasteiger partial charge in [-0.1, -0.05) is 89.3 Å². The quantitative estimate of drug-likeness (QED) is 0.162. The molecule has 6 heteroatoms. The molecule has 3 N–H and O–H groups in total. The Morgan fingerprint density at radius 3 is 2.22 bits per heavy atom. The van der Waals surface area contributed by atoms with Crippen LogP contribution in [0.4, 0.5) is 4.39 Å². The number of aliphatic hydroxyl groups is 2. The zero-order chi connectivity index (χ0) is 42.3. The minimum absolute atomic E-state index is 0.0121. The van der Waals surface area contributed by atoms with Gasteiger partial charge in [-0.15, -0.1) is 0 Å². The molecule has 0 bridgehead atoms. The van der Waals surface area contributed by atoms with Gasteiger partial charge in [-0.25, -0.2) is 4.39 Å². The number of fused-ring (bicyclic) bond motifs is 7. The summed E-state index contributed by atoms with van der Waals surface area (Å²) in [6.45, 7) is 22.2. The Labute approximate surface area is 356 Å². The molecule has 7 aliphatic rings. The zero-order valence-electron chi connectivity index (χ0n) is 37.9. The van der Waals surface area contributed by atoms with Gasteiger partial charge in [0.25, 0.3) is 0 Å². The molecule has 0 saturated heterocycles. The molecule has 326 valence electrons. The van der Waals surface area contributed by atoms with E-state index in [9.17, 15) is 19.4 Å². The Bertz CT molecular complexity index is 1820. The van der Waals surface area contributed by atoms with Crippen molar-refractivity contribution >= 4 is 5.97 Å². The predicted molar refractivity (Wildman–Crippen MR) is 236 cm³/mol. The van der Waals surface area contributed by atoms with Gasteiger partial charge >= 0.3 is 5.97 Å². The molecule has 0 spiro atoms. The summed E-state index contributed by atoms with van der Waals surface area (Å²) in [7, 11) is 0. The van der Waals surface area contributed by atoms with Crippen molar-refractivity contribution in [2.45, 2.75) is 181 Å². The Hall–Kier alpha value is -2.28. The summed E-state index contributed by atoms with van der Waals surface area (Å²) in [5.41, 5.74) is 3.41. The first kappa shape index (κ1) is 43.4. The fraction of sp³-hybridized carbons (Fsp3) is 0.755. The highest BCUT2D eigenvalue weighted by Gasteiger charge is 2.70. The molecule has 5 fully saturated rings. The van der Waals surface area contributed by atoms with Gasteiger partial charge in [0.05, 0.1) is 16.6 Å². The lowest BCUT2D eigenvalue weighted by molar-refractivity contribution is -0.221. The second kappa shape index (κ2) is 15.2. The summed E-state index contributed by atoms with van der Waals surface area (Å²) >= 11 is 0. The molecule has 7 aliphatic carbocycles. The third-order valence-corrected chi connectivity index (χ3v) is 19.8. The van der Waals surface area contributed by atoms with Crippen LogP contribution in [0.3, 0.4) is 0 Å². The summed E-state index contributed by atoms with van der Waals surface area (Å²) in [4.78, 5) is 13.4. The molecule has 0 amide bonds. The molecule has 59 heavy (non-hydrogen) atoms. The highest BCUT2D eigenvalue weighted by molar-refractivity contribution is 5.78. The smallest absolute Gasteiger partial charge is 0.315 e. The number of carbonyl (C=O) groups is 1. The Morgan fingerprint density at radius 2 is 1.56 bits per heavy atom. The number of hydrogen-bond donors (Lipinski definition) is 3. The van der Waals surface area contributed by atoms with E-state index >= 15 is 0 Å². The third-order valence-electron chi connectivity index (χ3n) is 19.8. The van der Waals surface area contributed by atoms with Crippen molar-refractivity contribution in [2.75, 3.05) is 13.2 Å². The molecule has 0 radical (unpaired) electrons. The minimum atomic E-state index is -1.10. The molecule has 8 rings (SSSR count). The Morgan fingerprint density at radius 1 is 0.831 bits per heavy atom. The molecule has 1 aromatic carbocycles. The fourth-order valence-corrected chi connectivity index (χ4v) is 16.0. The molecule has 5 saturated carbocycles. The zero-order valence-corrected chi connectivity index (χ0v) is 37.9. The molecule has 10 atom stereocenters. The van der Waals surface area contributed by atoms with E-state index in [2.05, 4.69) is 65.6 Å². The maximum Gasteiger partial charge on any atom is 0.315 e. The van der Waals surface area contributed by atoms with Crippen LogP contribution in [0.2, 0.25) is 0 Å². The summed E-state index contributed by atoms with van der Waals surface area (Å²) in [5, 5.41) is 26.3. The van der Waals surface area contributed by atoms with E-state index < -0.39 is 29.3 Å². The van der Waals surface area contributed by atoms with Crippen LogP contribution in [0.1, 0.15) is 163 Å². The summed E-state index contributed by atoms with van der Waals surface area (Å²) in [5.74, 6) is 2.56. The van der Waals surface area contributed by atoms with E-state index in [1.807, 2.05) is 37.3 Å². The molecular formula is C53H78FNO4. The van der Waals surface area contributed by atoms with Gasteiger partial charge < -0.3 is 20.3 Å². The molecule has 1 aromatic rings. The van der Waals surface area contributed by atoms with Crippen LogP contribution in [-0.2, 0) is 16.1 Å². The molecule has 5 nitrogen and oxygen atoms in total. The maximum atomic E-state index is 14.8. The Kier molecular flexibility index (Phi) is 11.2. The van der Waals surface area contributed by atoms with Crippen LogP contribution in [0.5, 0.6) is 0 Å². The first-order chi connectivity index (χ1) is 27.8. The number of benzene rings is 1. The second-order valence-electron chi connectivity index (χ2n) is 23.2. The van der Waals surface area contributed by atoms with Crippen molar-refractivity contribution in [3.63, 3.8) is 0 Å². The van der Waals surface area contributed by atoms with Gasteiger partial charge in [0.1, 0.15) is 13.3 Å². The number of allylic oxidation sites excluding steroid dienone is 5. The average molecular weight is 812 g/mol. The monoisotopic (exact) mass is 812 g/mol.